The van der Waals surface area contributed by atoms with Gasteiger partial charge in [0.05, 0.1) is 24.9 Å². The second kappa shape index (κ2) is 12.9. The molecule has 1 saturated heterocycles. The molecule has 1 aromatic heterocycles. The summed E-state index contributed by atoms with van der Waals surface area (Å²) in [5.74, 6) is -1.68. The smallest absolute Gasteiger partial charge is 0.408 e. The van der Waals surface area contributed by atoms with E-state index in [0.29, 0.717) is 28.1 Å². The summed E-state index contributed by atoms with van der Waals surface area (Å²) in [7, 11) is 1.57. The van der Waals surface area contributed by atoms with E-state index in [4.69, 9.17) is 19.2 Å². The summed E-state index contributed by atoms with van der Waals surface area (Å²) < 4.78 is 17.3. The molecule has 248 valence electrons. The Kier molecular flexibility index (Phi) is 9.15. The van der Waals surface area contributed by atoms with Crippen molar-refractivity contribution in [1.82, 2.24) is 20.5 Å². The molecule has 0 spiro atoms. The Morgan fingerprint density at radius 3 is 2.47 bits per heavy atom. The Bertz CT molecular complexity index is 1700. The van der Waals surface area contributed by atoms with Crippen LogP contribution in [0.5, 0.6) is 11.5 Å². The van der Waals surface area contributed by atoms with Gasteiger partial charge in [-0.05, 0) is 46.2 Å². The number of nitrogens with one attached hydrogen (secondary N) is 2. The van der Waals surface area contributed by atoms with Gasteiger partial charge >= 0.3 is 12.1 Å². The number of benzene rings is 2. The van der Waals surface area contributed by atoms with Crippen LogP contribution in [0.1, 0.15) is 40.5 Å². The molecule has 1 saturated carbocycles. The van der Waals surface area contributed by atoms with Gasteiger partial charge in [-0.15, -0.1) is 6.58 Å². The maximum atomic E-state index is 13.8. The monoisotopic (exact) mass is 644 g/mol. The van der Waals surface area contributed by atoms with E-state index in [9.17, 15) is 24.3 Å². The van der Waals surface area contributed by atoms with Gasteiger partial charge in [-0.3, -0.25) is 9.59 Å². The van der Waals surface area contributed by atoms with Crippen molar-refractivity contribution >= 4 is 34.8 Å². The van der Waals surface area contributed by atoms with Crippen LogP contribution < -0.4 is 20.1 Å². The van der Waals surface area contributed by atoms with Crippen molar-refractivity contribution in [3.8, 4) is 22.8 Å². The molecule has 12 heteroatoms. The van der Waals surface area contributed by atoms with Crippen molar-refractivity contribution < 1.29 is 38.5 Å². The number of aromatic nitrogens is 1. The third-order valence-electron chi connectivity index (χ3n) is 8.32. The molecule has 0 radical (unpaired) electrons. The number of amides is 3. The van der Waals surface area contributed by atoms with E-state index in [1.165, 1.54) is 17.9 Å². The molecular formula is C35H40N4O8. The highest BCUT2D eigenvalue weighted by Crippen LogP contribution is 2.45. The number of ether oxygens (including phenoxy) is 3. The number of methoxy groups -OCH3 is 1. The maximum absolute atomic E-state index is 13.8. The van der Waals surface area contributed by atoms with Crippen LogP contribution in [0.25, 0.3) is 22.2 Å². The second-order valence-corrected chi connectivity index (χ2v) is 12.9. The lowest BCUT2D eigenvalue weighted by Crippen LogP contribution is -2.56. The highest BCUT2D eigenvalue weighted by molar-refractivity contribution is 5.96. The molecule has 5 atom stereocenters. The summed E-state index contributed by atoms with van der Waals surface area (Å²) in [6.07, 6.45) is 0.332. The molecule has 3 aromatic rings. The van der Waals surface area contributed by atoms with Gasteiger partial charge in [0.15, 0.2) is 0 Å². The van der Waals surface area contributed by atoms with E-state index in [-0.39, 0.29) is 19.4 Å². The van der Waals surface area contributed by atoms with Crippen molar-refractivity contribution in [2.45, 2.75) is 69.9 Å². The second-order valence-electron chi connectivity index (χ2n) is 12.9. The summed E-state index contributed by atoms with van der Waals surface area (Å²) in [5.41, 5.74) is -0.120. The molecule has 12 nitrogen and oxygen atoms in total. The van der Waals surface area contributed by atoms with Gasteiger partial charge in [-0.25, -0.2) is 14.6 Å². The van der Waals surface area contributed by atoms with Gasteiger partial charge in [0.1, 0.15) is 40.8 Å². The molecule has 5 rings (SSSR count). The Balaban J connectivity index is 1.45. The molecule has 1 aliphatic heterocycles. The van der Waals surface area contributed by atoms with E-state index < -0.39 is 59.1 Å². The lowest BCUT2D eigenvalue weighted by molar-refractivity contribution is -0.145. The predicted molar refractivity (Wildman–Crippen MR) is 174 cm³/mol. The van der Waals surface area contributed by atoms with Gasteiger partial charge in [-0.2, -0.15) is 0 Å². The molecule has 2 heterocycles. The zero-order chi connectivity index (χ0) is 34.1. The third-order valence-corrected chi connectivity index (χ3v) is 8.32. The van der Waals surface area contributed by atoms with E-state index >= 15 is 0 Å². The molecular weight excluding hydrogens is 604 g/mol. The Labute approximate surface area is 273 Å². The van der Waals surface area contributed by atoms with Gasteiger partial charge in [-0.1, -0.05) is 36.4 Å². The fourth-order valence-electron chi connectivity index (χ4n) is 5.83. The molecule has 2 aliphatic rings. The van der Waals surface area contributed by atoms with Crippen molar-refractivity contribution in [2.24, 2.45) is 5.92 Å². The van der Waals surface area contributed by atoms with Crippen molar-refractivity contribution in [3.63, 3.8) is 0 Å². The van der Waals surface area contributed by atoms with Crippen LogP contribution in [0.15, 0.2) is 67.3 Å². The van der Waals surface area contributed by atoms with E-state index in [1.807, 2.05) is 42.5 Å². The molecule has 0 unspecified atom stereocenters. The number of likely N-dealkylation sites (tertiary alicyclic amines) is 1. The number of carbonyl (C=O) groups excluding carboxylic acids is 3. The number of carboxylic acid groups (broad SMARTS) is 1. The number of carbonyl (C=O) groups is 4. The van der Waals surface area contributed by atoms with Crippen LogP contribution in [0.2, 0.25) is 0 Å². The van der Waals surface area contributed by atoms with Crippen molar-refractivity contribution in [1.29, 1.82) is 0 Å². The predicted octanol–water partition coefficient (Wildman–Crippen LogP) is 4.32. The minimum Gasteiger partial charge on any atom is -0.497 e. The molecule has 1 aliphatic carbocycles. The molecule has 2 fully saturated rings. The maximum Gasteiger partial charge on any atom is 0.408 e. The molecule has 3 amide bonds. The fourth-order valence-corrected chi connectivity index (χ4v) is 5.83. The van der Waals surface area contributed by atoms with E-state index in [1.54, 1.807) is 40.0 Å². The average molecular weight is 645 g/mol. The number of rotatable bonds is 10. The lowest BCUT2D eigenvalue weighted by Gasteiger charge is -2.28. The topological polar surface area (TPSA) is 156 Å². The van der Waals surface area contributed by atoms with Gasteiger partial charge in [0.2, 0.25) is 11.8 Å². The number of alkyl carbamates (subject to hydrolysis) is 1. The molecule has 3 N–H and O–H groups in total. The van der Waals surface area contributed by atoms with Crippen LogP contribution in [0, 0.1) is 5.92 Å². The summed E-state index contributed by atoms with van der Waals surface area (Å²) in [6, 6.07) is 14.7. The highest BCUT2D eigenvalue weighted by Gasteiger charge is 2.61. The SMILES string of the molecule is C=C[C@@H]1C[C@]1(NC(=O)[C@@H]1C[C@@H](Oc2cc(-c3ccccc3)nc3cc(OC)ccc23)CN1C(=O)[C@H](C)NC(=O)OC(C)(C)C)C(=O)O. The number of aliphatic carboxylic acids is 1. The number of pyridine rings is 1. The van der Waals surface area contributed by atoms with E-state index in [0.717, 1.165) is 5.56 Å². The third kappa shape index (κ3) is 7.16. The molecule has 47 heavy (non-hydrogen) atoms. The number of nitrogens with zero attached hydrogens (tertiary/aromatic N) is 2. The first-order valence-corrected chi connectivity index (χ1v) is 15.4. The fraction of sp³-hybridized carbons (Fsp3) is 0.400. The minimum atomic E-state index is -1.49. The summed E-state index contributed by atoms with van der Waals surface area (Å²) in [5, 5.41) is 15.8. The number of fused-ring (bicyclic) bond motifs is 1. The van der Waals surface area contributed by atoms with Crippen molar-refractivity contribution in [2.75, 3.05) is 13.7 Å². The minimum absolute atomic E-state index is 0.00284. The largest absolute Gasteiger partial charge is 0.497 e. The van der Waals surface area contributed by atoms with E-state index in [2.05, 4.69) is 17.2 Å². The summed E-state index contributed by atoms with van der Waals surface area (Å²) in [4.78, 5) is 58.3. The number of hydrogen-bond acceptors (Lipinski definition) is 8. The van der Waals surface area contributed by atoms with Gasteiger partial charge < -0.3 is 34.9 Å². The number of carboxylic acids is 1. The summed E-state index contributed by atoms with van der Waals surface area (Å²) in [6.45, 7) is 10.3. The van der Waals surface area contributed by atoms with Gasteiger partial charge in [0, 0.05) is 35.4 Å². The Hall–Kier alpha value is -5.13. The van der Waals surface area contributed by atoms with Crippen molar-refractivity contribution in [3.05, 3.63) is 67.3 Å². The average Bonchev–Trinajstić information content (AvgIpc) is 3.59. The standard InChI is InChI=1S/C35H40N4O8/c1-7-22-18-35(22,32(42)43)38-30(40)28-16-24(19-39(28)31(41)20(2)36-33(44)47-34(3,4)5)46-29-17-26(21-11-9-8-10-12-21)37-27-15-23(45-6)13-14-25(27)29/h7-15,17,20,22,24,28H,1,16,18-19H2,2-6H3,(H,36,44)(H,38,40)(H,42,43)/t20-,22+,24+,28-,35+/m0/s1. The molecule has 0 bridgehead atoms. The van der Waals surface area contributed by atoms with Crippen LogP contribution in [-0.2, 0) is 19.1 Å². The zero-order valence-corrected chi connectivity index (χ0v) is 27.1. The molecule has 2 aromatic carbocycles. The Morgan fingerprint density at radius 2 is 1.85 bits per heavy atom. The first kappa shape index (κ1) is 33.2. The first-order valence-electron chi connectivity index (χ1n) is 15.4. The van der Waals surface area contributed by atoms with Gasteiger partial charge in [0.25, 0.3) is 0 Å². The normalized spacial score (nSPS) is 22.6. The zero-order valence-electron chi connectivity index (χ0n) is 27.1. The Morgan fingerprint density at radius 1 is 1.13 bits per heavy atom. The highest BCUT2D eigenvalue weighted by atomic mass is 16.6. The first-order chi connectivity index (χ1) is 22.2. The quantitative estimate of drug-likeness (QED) is 0.274. The van der Waals surface area contributed by atoms with Crippen LogP contribution in [0.4, 0.5) is 4.79 Å². The van der Waals surface area contributed by atoms with Crippen LogP contribution >= 0.6 is 0 Å². The van der Waals surface area contributed by atoms with Crippen LogP contribution in [-0.4, -0.2) is 81.8 Å². The summed E-state index contributed by atoms with van der Waals surface area (Å²) >= 11 is 0. The lowest BCUT2D eigenvalue weighted by atomic mass is 10.1. The number of hydrogen-bond donors (Lipinski definition) is 3. The van der Waals surface area contributed by atoms with Crippen LogP contribution in [0.3, 0.4) is 0 Å².